The summed E-state index contributed by atoms with van der Waals surface area (Å²) in [5.74, 6) is 0.122. The van der Waals surface area contributed by atoms with Gasteiger partial charge < -0.3 is 11.6 Å². The molecule has 1 fully saturated rings. The maximum atomic E-state index is 11.5. The van der Waals surface area contributed by atoms with Crippen LogP contribution < -0.4 is 29.6 Å². The second kappa shape index (κ2) is 14.1. The molecule has 1 heterocycles. The van der Waals surface area contributed by atoms with Crippen molar-refractivity contribution < 1.29 is 46.0 Å². The molecule has 1 saturated carbocycles. The summed E-state index contributed by atoms with van der Waals surface area (Å²) in [5.41, 5.74) is 5.15. The Hall–Kier alpha value is -2.12. The first-order valence-electron chi connectivity index (χ1n) is 14.1. The monoisotopic (exact) mass is 609 g/mol. The van der Waals surface area contributed by atoms with Gasteiger partial charge in [0.15, 0.2) is 0 Å². The topological polar surface area (TPSA) is 70.4 Å². The molecule has 42 heavy (non-hydrogen) atoms. The van der Waals surface area contributed by atoms with Crippen molar-refractivity contribution in [1.29, 1.82) is 0 Å². The van der Waals surface area contributed by atoms with Crippen LogP contribution in [0.5, 0.6) is 0 Å². The standard InChI is InChI=1S/C35H36ClNO3S.Na.H/c1-34(2,40)30-9-4-3-7-25(30)13-17-32(41-23-35(18-19-35)22-33(38)39)27-8-5-6-24(20-27)10-15-29-16-12-26-11-14-28(36)21-31(26)37-29;;/h3-12,14-16,20-21,32,40H,13,17-19,22-23H2,1-2H3,(H,38,39);;/q;+1;-1. The first kappa shape index (κ1) is 32.8. The molecule has 1 unspecified atom stereocenters. The van der Waals surface area contributed by atoms with Crippen molar-refractivity contribution in [3.63, 3.8) is 0 Å². The summed E-state index contributed by atoms with van der Waals surface area (Å²) < 4.78 is 0. The minimum Gasteiger partial charge on any atom is -1.00 e. The second-order valence-corrected chi connectivity index (χ2v) is 13.3. The molecule has 1 aromatic heterocycles. The van der Waals surface area contributed by atoms with E-state index in [9.17, 15) is 15.0 Å². The van der Waals surface area contributed by atoms with Crippen molar-refractivity contribution in [3.8, 4) is 0 Å². The maximum Gasteiger partial charge on any atom is 1.00 e. The van der Waals surface area contributed by atoms with Gasteiger partial charge in [-0.05, 0) is 91.5 Å². The largest absolute Gasteiger partial charge is 1.00 e. The molecule has 2 N–H and O–H groups in total. The fourth-order valence-corrected chi connectivity index (χ4v) is 7.09. The zero-order valence-electron chi connectivity index (χ0n) is 25.5. The SMILES string of the molecule is CC(C)(O)c1ccccc1CCC(SCC1(CC(=O)O)CC1)c1cccc(C=Cc2ccc3ccc(Cl)cc3n2)c1.[H-].[Na+]. The fourth-order valence-electron chi connectivity index (χ4n) is 5.36. The zero-order chi connectivity index (χ0) is 29.0. The Kier molecular flexibility index (Phi) is 11.0. The van der Waals surface area contributed by atoms with Gasteiger partial charge in [-0.15, -0.1) is 0 Å². The van der Waals surface area contributed by atoms with E-state index in [1.54, 1.807) is 0 Å². The smallest absolute Gasteiger partial charge is 1.00 e. The molecule has 0 bridgehead atoms. The van der Waals surface area contributed by atoms with Gasteiger partial charge in [-0.25, -0.2) is 4.98 Å². The van der Waals surface area contributed by atoms with Crippen LogP contribution in [0.4, 0.5) is 0 Å². The van der Waals surface area contributed by atoms with Crippen molar-refractivity contribution in [2.75, 3.05) is 5.75 Å². The molecule has 1 aliphatic rings. The van der Waals surface area contributed by atoms with Crippen LogP contribution in [0, 0.1) is 5.41 Å². The van der Waals surface area contributed by atoms with Crippen LogP contribution in [0.15, 0.2) is 78.9 Å². The predicted octanol–water partition coefficient (Wildman–Crippen LogP) is 6.06. The molecular formula is C35H37ClNNaO3S. The summed E-state index contributed by atoms with van der Waals surface area (Å²) in [6, 6.07) is 26.5. The average molecular weight is 610 g/mol. The summed E-state index contributed by atoms with van der Waals surface area (Å²) >= 11 is 8.04. The number of carboxylic acids is 1. The molecule has 214 valence electrons. The molecular weight excluding hydrogens is 573 g/mol. The Balaban J connectivity index is 0.00000253. The summed E-state index contributed by atoms with van der Waals surface area (Å²) in [6.07, 6.45) is 8.02. The Morgan fingerprint density at radius 1 is 1.07 bits per heavy atom. The number of hydrogen-bond donors (Lipinski definition) is 2. The number of nitrogens with zero attached hydrogens (tertiary/aromatic N) is 1. The van der Waals surface area contributed by atoms with Crippen molar-refractivity contribution in [2.45, 2.75) is 56.8 Å². The van der Waals surface area contributed by atoms with Crippen LogP contribution in [-0.2, 0) is 16.8 Å². The molecule has 4 nitrogen and oxygen atoms in total. The van der Waals surface area contributed by atoms with Gasteiger partial charge in [-0.1, -0.05) is 78.3 Å². The van der Waals surface area contributed by atoms with E-state index < -0.39 is 11.6 Å². The van der Waals surface area contributed by atoms with E-state index in [2.05, 4.69) is 42.5 Å². The van der Waals surface area contributed by atoms with Crippen molar-refractivity contribution >= 4 is 52.4 Å². The molecule has 0 aliphatic heterocycles. The molecule has 7 heteroatoms. The Morgan fingerprint density at radius 3 is 2.57 bits per heavy atom. The quantitative estimate of drug-likeness (QED) is 0.191. The molecule has 0 spiro atoms. The van der Waals surface area contributed by atoms with E-state index in [-0.39, 0.29) is 48.1 Å². The number of hydrogen-bond acceptors (Lipinski definition) is 4. The Morgan fingerprint density at radius 2 is 1.83 bits per heavy atom. The van der Waals surface area contributed by atoms with Crippen LogP contribution >= 0.6 is 23.4 Å². The number of rotatable bonds is 12. The summed E-state index contributed by atoms with van der Waals surface area (Å²) in [7, 11) is 0. The van der Waals surface area contributed by atoms with E-state index in [4.69, 9.17) is 16.6 Å². The average Bonchev–Trinajstić information content (AvgIpc) is 3.70. The summed E-state index contributed by atoms with van der Waals surface area (Å²) in [5, 5.41) is 22.1. The van der Waals surface area contributed by atoms with Crippen LogP contribution in [0.3, 0.4) is 0 Å². The molecule has 0 saturated heterocycles. The van der Waals surface area contributed by atoms with Crippen LogP contribution in [0.2, 0.25) is 5.02 Å². The number of aryl methyl sites for hydroxylation is 1. The van der Waals surface area contributed by atoms with Gasteiger partial charge in [0.1, 0.15) is 0 Å². The third-order valence-corrected chi connectivity index (χ3v) is 9.76. The van der Waals surface area contributed by atoms with Gasteiger partial charge in [0, 0.05) is 21.4 Å². The summed E-state index contributed by atoms with van der Waals surface area (Å²) in [6.45, 7) is 3.66. The normalized spacial score (nSPS) is 15.0. The minimum absolute atomic E-state index is 0. The number of halogens is 1. The van der Waals surface area contributed by atoms with E-state index in [0.717, 1.165) is 64.7 Å². The van der Waals surface area contributed by atoms with Gasteiger partial charge >= 0.3 is 35.5 Å². The molecule has 4 aromatic rings. The number of carbonyl (C=O) groups is 1. The van der Waals surface area contributed by atoms with Gasteiger partial charge in [-0.3, -0.25) is 4.79 Å². The minimum atomic E-state index is -0.911. The molecule has 0 radical (unpaired) electrons. The first-order valence-corrected chi connectivity index (χ1v) is 15.5. The number of carboxylic acid groups (broad SMARTS) is 1. The molecule has 0 amide bonds. The first-order chi connectivity index (χ1) is 19.6. The van der Waals surface area contributed by atoms with Crippen LogP contribution in [0.25, 0.3) is 23.1 Å². The molecule has 1 aliphatic carbocycles. The number of pyridine rings is 1. The predicted molar refractivity (Wildman–Crippen MR) is 172 cm³/mol. The van der Waals surface area contributed by atoms with E-state index >= 15 is 0 Å². The van der Waals surface area contributed by atoms with Crippen LogP contribution in [0.1, 0.15) is 74.2 Å². The van der Waals surface area contributed by atoms with Gasteiger partial charge in [0.05, 0.1) is 23.2 Å². The fraction of sp³-hybridized carbons (Fsp3) is 0.314. The van der Waals surface area contributed by atoms with Crippen molar-refractivity contribution in [1.82, 2.24) is 4.98 Å². The van der Waals surface area contributed by atoms with E-state index in [1.165, 1.54) is 5.56 Å². The zero-order valence-corrected chi connectivity index (χ0v) is 28.1. The Bertz CT molecular complexity index is 1590. The van der Waals surface area contributed by atoms with Gasteiger partial charge in [-0.2, -0.15) is 11.8 Å². The number of aromatic nitrogens is 1. The maximum absolute atomic E-state index is 11.5. The Labute approximate surface area is 281 Å². The van der Waals surface area contributed by atoms with E-state index in [0.29, 0.717) is 5.02 Å². The number of thioether (sulfide) groups is 1. The molecule has 1 atom stereocenters. The molecule has 5 rings (SSSR count). The molecule has 3 aromatic carbocycles. The second-order valence-electron chi connectivity index (χ2n) is 11.7. The number of aliphatic hydroxyl groups is 1. The van der Waals surface area contributed by atoms with Crippen molar-refractivity contribution in [3.05, 3.63) is 112 Å². The third kappa shape index (κ3) is 8.72. The van der Waals surface area contributed by atoms with Gasteiger partial charge in [0.25, 0.3) is 0 Å². The number of benzene rings is 3. The number of aliphatic carboxylic acids is 1. The van der Waals surface area contributed by atoms with Crippen molar-refractivity contribution in [2.24, 2.45) is 5.41 Å². The van der Waals surface area contributed by atoms with E-state index in [1.807, 2.05) is 74.1 Å². The number of fused-ring (bicyclic) bond motifs is 1. The third-order valence-electron chi connectivity index (χ3n) is 7.83. The van der Waals surface area contributed by atoms with Gasteiger partial charge in [0.2, 0.25) is 0 Å². The van der Waals surface area contributed by atoms with Crippen LogP contribution in [-0.4, -0.2) is 26.9 Å². The summed E-state index contributed by atoms with van der Waals surface area (Å²) in [4.78, 5) is 16.2.